The lowest BCUT2D eigenvalue weighted by Gasteiger charge is -2.21. The van der Waals surface area contributed by atoms with Crippen LogP contribution in [0.15, 0.2) is 43.0 Å². The van der Waals surface area contributed by atoms with Crippen LogP contribution in [0.4, 0.5) is 4.79 Å². The number of aromatic nitrogens is 5. The fraction of sp³-hybridized carbons (Fsp3) is 0.440. The number of fused-ring (bicyclic) bond motifs is 2. The Morgan fingerprint density at radius 1 is 1.21 bits per heavy atom. The molecule has 4 aromatic rings. The highest BCUT2D eigenvalue weighted by atomic mass is 35.5. The second kappa shape index (κ2) is 8.45. The highest BCUT2D eigenvalue weighted by molar-refractivity contribution is 6.33. The molecule has 172 valence electrons. The van der Waals surface area contributed by atoms with Crippen LogP contribution in [0.2, 0.25) is 5.15 Å². The minimum Gasteiger partial charge on any atom is -0.443 e. The van der Waals surface area contributed by atoms with Crippen LogP contribution in [-0.2, 0) is 11.2 Å². The number of ether oxygens (including phenoxy) is 1. The van der Waals surface area contributed by atoms with E-state index in [9.17, 15) is 4.79 Å². The molecule has 0 bridgehead atoms. The summed E-state index contributed by atoms with van der Waals surface area (Å²) < 4.78 is 9.62. The average Bonchev–Trinajstić information content (AvgIpc) is 3.47. The van der Waals surface area contributed by atoms with Gasteiger partial charge in [0.1, 0.15) is 22.7 Å². The van der Waals surface area contributed by atoms with Crippen LogP contribution in [0.3, 0.4) is 0 Å². The summed E-state index contributed by atoms with van der Waals surface area (Å²) >= 11 is 6.23. The van der Waals surface area contributed by atoms with Gasteiger partial charge in [0.2, 0.25) is 0 Å². The molecule has 0 aliphatic heterocycles. The molecule has 2 atom stereocenters. The first-order valence-electron chi connectivity index (χ1n) is 11.5. The third-order valence-electron chi connectivity index (χ3n) is 6.40. The average molecular weight is 466 g/mol. The summed E-state index contributed by atoms with van der Waals surface area (Å²) in [6.07, 6.45) is 10.1. The van der Waals surface area contributed by atoms with Gasteiger partial charge in [0.25, 0.3) is 0 Å². The van der Waals surface area contributed by atoms with E-state index in [0.29, 0.717) is 17.1 Å². The third-order valence-corrected chi connectivity index (χ3v) is 6.70. The Labute approximate surface area is 197 Å². The maximum Gasteiger partial charge on any atom is 0.419 e. The number of carbonyl (C=O) groups excluding carboxylic acids is 1. The first-order chi connectivity index (χ1) is 15.8. The zero-order valence-corrected chi connectivity index (χ0v) is 19.9. The Kier molecular flexibility index (Phi) is 5.60. The minimum atomic E-state index is -0.558. The maximum absolute atomic E-state index is 13.0. The van der Waals surface area contributed by atoms with Crippen LogP contribution in [0, 0.1) is 5.92 Å². The highest BCUT2D eigenvalue weighted by Gasteiger charge is 2.28. The van der Waals surface area contributed by atoms with E-state index >= 15 is 0 Å². The van der Waals surface area contributed by atoms with Gasteiger partial charge in [-0.3, -0.25) is 4.98 Å². The second-order valence-corrected chi connectivity index (χ2v) is 10.2. The molecular weight excluding hydrogens is 438 g/mol. The van der Waals surface area contributed by atoms with Crippen molar-refractivity contribution in [1.82, 2.24) is 24.1 Å². The molecule has 0 radical (unpaired) electrons. The van der Waals surface area contributed by atoms with E-state index < -0.39 is 5.60 Å². The Bertz CT molecular complexity index is 1320. The molecule has 0 aromatic carbocycles. The number of halogens is 1. The molecule has 33 heavy (non-hydrogen) atoms. The molecule has 4 aromatic heterocycles. The zero-order chi connectivity index (χ0) is 23.2. The van der Waals surface area contributed by atoms with Crippen molar-refractivity contribution in [3.05, 3.63) is 53.8 Å². The van der Waals surface area contributed by atoms with Gasteiger partial charge in [-0.1, -0.05) is 11.6 Å². The van der Waals surface area contributed by atoms with Crippen molar-refractivity contribution >= 4 is 39.8 Å². The molecule has 2 unspecified atom stereocenters. The summed E-state index contributed by atoms with van der Waals surface area (Å²) in [5.41, 5.74) is 2.90. The van der Waals surface area contributed by atoms with Gasteiger partial charge < -0.3 is 9.30 Å². The van der Waals surface area contributed by atoms with E-state index in [4.69, 9.17) is 16.3 Å². The molecule has 7 nitrogen and oxygen atoms in total. The predicted molar refractivity (Wildman–Crippen MR) is 129 cm³/mol. The fourth-order valence-electron chi connectivity index (χ4n) is 4.94. The second-order valence-electron chi connectivity index (χ2n) is 9.86. The normalized spacial score (nSPS) is 18.9. The lowest BCUT2D eigenvalue weighted by Crippen LogP contribution is -2.28. The van der Waals surface area contributed by atoms with Crippen molar-refractivity contribution in [3.63, 3.8) is 0 Å². The largest absolute Gasteiger partial charge is 0.443 e. The van der Waals surface area contributed by atoms with Crippen LogP contribution in [0.5, 0.6) is 0 Å². The van der Waals surface area contributed by atoms with Gasteiger partial charge in [0.05, 0.1) is 16.4 Å². The van der Waals surface area contributed by atoms with Crippen LogP contribution >= 0.6 is 11.6 Å². The Morgan fingerprint density at radius 3 is 2.88 bits per heavy atom. The molecule has 1 saturated carbocycles. The molecular formula is C25H28ClN5O2. The van der Waals surface area contributed by atoms with Crippen molar-refractivity contribution in [2.45, 2.75) is 64.5 Å². The topological polar surface area (TPSA) is 74.8 Å². The van der Waals surface area contributed by atoms with Crippen molar-refractivity contribution in [3.8, 4) is 0 Å². The minimum absolute atomic E-state index is 0.347. The number of nitrogens with zero attached hydrogens (tertiary/aromatic N) is 5. The molecule has 8 heteroatoms. The monoisotopic (exact) mass is 465 g/mol. The van der Waals surface area contributed by atoms with Gasteiger partial charge in [-0.15, -0.1) is 0 Å². The van der Waals surface area contributed by atoms with Crippen molar-refractivity contribution in [1.29, 1.82) is 0 Å². The molecule has 0 N–H and O–H groups in total. The molecule has 1 aliphatic carbocycles. The molecule has 0 spiro atoms. The number of carbonyl (C=O) groups is 1. The Hall–Kier alpha value is -2.93. The standard InChI is InChI=1S/C25H28ClN5O2/c1-25(2,3)33-24(32)31-18(14-20-21(31)5-4-11-27-20)9-7-16-6-8-17(13-16)30-12-10-19-22(26)28-15-29-23(19)30/h4-5,10-12,14-17H,6-9,13H2,1-3H3. The van der Waals surface area contributed by atoms with E-state index in [1.165, 1.54) is 6.33 Å². The number of rotatable bonds is 4. The molecule has 0 amide bonds. The quantitative estimate of drug-likeness (QED) is 0.336. The summed E-state index contributed by atoms with van der Waals surface area (Å²) in [7, 11) is 0. The SMILES string of the molecule is CC(C)(C)OC(=O)n1c(CCC2CCC(n3ccc4c(Cl)ncnc43)C2)cc2ncccc21. The lowest BCUT2D eigenvalue weighted by atomic mass is 10.00. The first kappa shape index (κ1) is 21.9. The summed E-state index contributed by atoms with van der Waals surface area (Å²) in [6.45, 7) is 5.66. The summed E-state index contributed by atoms with van der Waals surface area (Å²) in [4.78, 5) is 26.0. The molecule has 1 aliphatic rings. The number of hydrogen-bond donors (Lipinski definition) is 0. The Balaban J connectivity index is 1.33. The molecule has 0 saturated heterocycles. The fourth-order valence-corrected chi connectivity index (χ4v) is 5.13. The maximum atomic E-state index is 13.0. The van der Waals surface area contributed by atoms with Gasteiger partial charge >= 0.3 is 6.09 Å². The molecule has 5 rings (SSSR count). The first-order valence-corrected chi connectivity index (χ1v) is 11.8. The van der Waals surface area contributed by atoms with E-state index in [2.05, 4.69) is 25.7 Å². The smallest absolute Gasteiger partial charge is 0.419 e. The summed E-state index contributed by atoms with van der Waals surface area (Å²) in [5, 5.41) is 1.40. The number of hydrogen-bond acceptors (Lipinski definition) is 5. The van der Waals surface area contributed by atoms with E-state index in [1.54, 1.807) is 10.8 Å². The van der Waals surface area contributed by atoms with Gasteiger partial charge in [-0.25, -0.2) is 19.3 Å². The Morgan fingerprint density at radius 2 is 2.06 bits per heavy atom. The molecule has 4 heterocycles. The van der Waals surface area contributed by atoms with Crippen molar-refractivity contribution in [2.24, 2.45) is 5.92 Å². The van der Waals surface area contributed by atoms with E-state index in [0.717, 1.165) is 59.9 Å². The van der Waals surface area contributed by atoms with Crippen molar-refractivity contribution < 1.29 is 9.53 Å². The lowest BCUT2D eigenvalue weighted by molar-refractivity contribution is 0.0540. The van der Waals surface area contributed by atoms with Crippen molar-refractivity contribution in [2.75, 3.05) is 0 Å². The van der Waals surface area contributed by atoms with Crippen LogP contribution in [-0.4, -0.2) is 35.8 Å². The number of pyridine rings is 1. The predicted octanol–water partition coefficient (Wildman–Crippen LogP) is 6.19. The number of aryl methyl sites for hydroxylation is 1. The van der Waals surface area contributed by atoms with Gasteiger partial charge in [-0.05, 0) is 83.1 Å². The molecule has 1 fully saturated rings. The van der Waals surface area contributed by atoms with Crippen LogP contribution < -0.4 is 0 Å². The van der Waals surface area contributed by atoms with Crippen LogP contribution in [0.1, 0.15) is 58.2 Å². The summed E-state index contributed by atoms with van der Waals surface area (Å²) in [6, 6.07) is 8.19. The third kappa shape index (κ3) is 4.34. The zero-order valence-electron chi connectivity index (χ0n) is 19.2. The summed E-state index contributed by atoms with van der Waals surface area (Å²) in [5.74, 6) is 0.572. The highest BCUT2D eigenvalue weighted by Crippen LogP contribution is 2.39. The van der Waals surface area contributed by atoms with Gasteiger partial charge in [0, 0.05) is 24.1 Å². The van der Waals surface area contributed by atoms with E-state index in [1.807, 2.05) is 45.0 Å². The van der Waals surface area contributed by atoms with Gasteiger partial charge in [0.15, 0.2) is 0 Å². The van der Waals surface area contributed by atoms with E-state index in [-0.39, 0.29) is 6.09 Å². The van der Waals surface area contributed by atoms with Crippen LogP contribution in [0.25, 0.3) is 22.1 Å². The van der Waals surface area contributed by atoms with Gasteiger partial charge in [-0.2, -0.15) is 0 Å².